The Kier molecular flexibility index (Phi) is 5.90. The van der Waals surface area contributed by atoms with E-state index in [-0.39, 0.29) is 14.9 Å². The van der Waals surface area contributed by atoms with Crippen molar-refractivity contribution in [2.24, 2.45) is 0 Å². The number of carbonyl (C=O) groups excluding carboxylic acids is 1. The number of amides is 1. The van der Waals surface area contributed by atoms with Crippen LogP contribution in [0.1, 0.15) is 10.4 Å². The summed E-state index contributed by atoms with van der Waals surface area (Å²) in [5, 5.41) is 10.5. The van der Waals surface area contributed by atoms with Crippen molar-refractivity contribution in [2.45, 2.75) is 11.1 Å². The van der Waals surface area contributed by atoms with E-state index in [0.29, 0.717) is 0 Å². The van der Waals surface area contributed by atoms with Gasteiger partial charge in [-0.3, -0.25) is 9.00 Å². The first-order chi connectivity index (χ1) is 9.60. The largest absolute Gasteiger partial charge is 0.478 e. The number of hydrogen-bond acceptors (Lipinski definition) is 3. The number of hydrogen-bond donors (Lipinski definition) is 2. The molecule has 1 atom stereocenters. The molecule has 0 radical (unpaired) electrons. The average Bonchev–Trinajstić information content (AvgIpc) is 2.35. The molecule has 2 N–H and O–H groups in total. The van der Waals surface area contributed by atoms with Crippen LogP contribution in [0.25, 0.3) is 0 Å². The fourth-order valence-electron chi connectivity index (χ4n) is 1.26. The molecule has 0 aliphatic heterocycles. The van der Waals surface area contributed by atoms with Crippen LogP contribution in [0.15, 0.2) is 27.6 Å². The van der Waals surface area contributed by atoms with Crippen molar-refractivity contribution in [1.29, 1.82) is 0 Å². The number of nitrogens with one attached hydrogen (secondary N) is 1. The number of carboxylic acid groups (broad SMARTS) is 1. The van der Waals surface area contributed by atoms with Crippen molar-refractivity contribution in [1.82, 2.24) is 5.32 Å². The summed E-state index contributed by atoms with van der Waals surface area (Å²) in [6.07, 6.45) is -4.55. The van der Waals surface area contributed by atoms with Gasteiger partial charge in [-0.15, -0.1) is 0 Å². The van der Waals surface area contributed by atoms with Gasteiger partial charge in [-0.05, 0) is 34.1 Å². The van der Waals surface area contributed by atoms with Gasteiger partial charge in [0.2, 0.25) is 5.91 Å². The number of benzene rings is 1. The molecule has 0 aliphatic rings. The van der Waals surface area contributed by atoms with Crippen molar-refractivity contribution in [3.05, 3.63) is 28.2 Å². The van der Waals surface area contributed by atoms with Crippen LogP contribution in [0.3, 0.4) is 0 Å². The molecule has 1 unspecified atom stereocenters. The summed E-state index contributed by atoms with van der Waals surface area (Å²) >= 11 is 2.99. The molecule has 1 rings (SSSR count). The van der Waals surface area contributed by atoms with E-state index in [2.05, 4.69) is 15.9 Å². The monoisotopic (exact) mass is 387 g/mol. The van der Waals surface area contributed by atoms with Crippen LogP contribution in [0.4, 0.5) is 13.2 Å². The fourth-order valence-corrected chi connectivity index (χ4v) is 2.65. The third kappa shape index (κ3) is 5.84. The molecular formula is C11H9BrF3NO4S. The first-order valence-corrected chi connectivity index (χ1v) is 7.46. The normalized spacial score (nSPS) is 12.8. The van der Waals surface area contributed by atoms with Crippen LogP contribution in [-0.2, 0) is 15.6 Å². The van der Waals surface area contributed by atoms with Crippen molar-refractivity contribution < 1.29 is 32.1 Å². The summed E-state index contributed by atoms with van der Waals surface area (Å²) in [5.41, 5.74) is -0.156. The third-order valence-electron chi connectivity index (χ3n) is 2.18. The van der Waals surface area contributed by atoms with Crippen LogP contribution in [0.5, 0.6) is 0 Å². The van der Waals surface area contributed by atoms with E-state index in [4.69, 9.17) is 5.11 Å². The first kappa shape index (κ1) is 17.6. The Bertz CT molecular complexity index is 591. The van der Waals surface area contributed by atoms with Gasteiger partial charge < -0.3 is 10.4 Å². The number of rotatable bonds is 5. The van der Waals surface area contributed by atoms with Gasteiger partial charge in [0.15, 0.2) is 0 Å². The van der Waals surface area contributed by atoms with Crippen molar-refractivity contribution >= 4 is 38.6 Å². The molecule has 0 spiro atoms. The molecule has 0 fully saturated rings. The summed E-state index contributed by atoms with van der Waals surface area (Å²) in [4.78, 5) is 22.2. The molecule has 21 heavy (non-hydrogen) atoms. The van der Waals surface area contributed by atoms with Crippen molar-refractivity contribution in [3.8, 4) is 0 Å². The molecule has 1 aromatic carbocycles. The number of carbonyl (C=O) groups is 2. The highest BCUT2D eigenvalue weighted by atomic mass is 79.9. The molecule has 0 aliphatic carbocycles. The van der Waals surface area contributed by atoms with Crippen LogP contribution in [0.2, 0.25) is 0 Å². The van der Waals surface area contributed by atoms with Gasteiger partial charge in [0, 0.05) is 9.37 Å². The summed E-state index contributed by atoms with van der Waals surface area (Å²) in [6, 6.07) is 3.76. The van der Waals surface area contributed by atoms with Gasteiger partial charge in [-0.1, -0.05) is 0 Å². The predicted octanol–water partition coefficient (Wildman–Crippen LogP) is 1.93. The Morgan fingerprint density at radius 3 is 2.48 bits per heavy atom. The lowest BCUT2D eigenvalue weighted by Gasteiger charge is -2.08. The van der Waals surface area contributed by atoms with Crippen LogP contribution in [0, 0.1) is 0 Å². The van der Waals surface area contributed by atoms with Gasteiger partial charge in [0.1, 0.15) is 12.3 Å². The average molecular weight is 388 g/mol. The summed E-state index contributed by atoms with van der Waals surface area (Å²) in [7, 11) is -1.94. The minimum Gasteiger partial charge on any atom is -0.478 e. The molecular weight excluding hydrogens is 379 g/mol. The maximum atomic E-state index is 11.9. The molecule has 0 saturated heterocycles. The van der Waals surface area contributed by atoms with E-state index in [1.54, 1.807) is 5.32 Å². The molecule has 1 aromatic rings. The minimum absolute atomic E-state index is 0.0396. The van der Waals surface area contributed by atoms with Crippen LogP contribution in [-0.4, -0.2) is 39.7 Å². The molecule has 5 nitrogen and oxygen atoms in total. The highest BCUT2D eigenvalue weighted by molar-refractivity contribution is 9.10. The fraction of sp³-hybridized carbons (Fsp3) is 0.273. The lowest BCUT2D eigenvalue weighted by atomic mass is 10.2. The Labute approximate surface area is 128 Å². The van der Waals surface area contributed by atoms with Gasteiger partial charge >= 0.3 is 12.1 Å². The second-order valence-electron chi connectivity index (χ2n) is 3.83. The SMILES string of the molecule is O=C(CS(=O)c1ccc(Br)c(C(=O)O)c1)NCC(F)(F)F. The lowest BCUT2D eigenvalue weighted by molar-refractivity contribution is -0.136. The summed E-state index contributed by atoms with van der Waals surface area (Å²) < 4.78 is 47.8. The molecule has 10 heteroatoms. The number of halogens is 4. The standard InChI is InChI=1S/C11H9BrF3NO4S/c12-8-2-1-6(3-7(8)10(18)19)21(20)4-9(17)16-5-11(13,14)15/h1-3H,4-5H2,(H,16,17)(H,18,19). The molecule has 0 heterocycles. The zero-order valence-corrected chi connectivity index (χ0v) is 12.6. The van der Waals surface area contributed by atoms with Gasteiger partial charge in [-0.25, -0.2) is 4.79 Å². The topological polar surface area (TPSA) is 83.5 Å². The zero-order chi connectivity index (χ0) is 16.2. The van der Waals surface area contributed by atoms with Crippen LogP contribution >= 0.6 is 15.9 Å². The maximum Gasteiger partial charge on any atom is 0.405 e. The molecule has 1 amide bonds. The maximum absolute atomic E-state index is 11.9. The Hall–Kier alpha value is -1.42. The van der Waals surface area contributed by atoms with E-state index in [1.165, 1.54) is 12.1 Å². The van der Waals surface area contributed by atoms with E-state index in [1.807, 2.05) is 0 Å². The quantitative estimate of drug-likeness (QED) is 0.808. The number of alkyl halides is 3. The molecule has 0 bridgehead atoms. The number of aromatic carboxylic acids is 1. The lowest BCUT2D eigenvalue weighted by Crippen LogP contribution is -2.36. The molecule has 116 valence electrons. The van der Waals surface area contributed by atoms with E-state index in [9.17, 15) is 27.0 Å². The van der Waals surface area contributed by atoms with Gasteiger partial charge in [0.05, 0.1) is 16.4 Å². The van der Waals surface area contributed by atoms with Crippen molar-refractivity contribution in [2.75, 3.05) is 12.3 Å². The van der Waals surface area contributed by atoms with Gasteiger partial charge in [0.25, 0.3) is 0 Å². The zero-order valence-electron chi connectivity index (χ0n) is 10.2. The predicted molar refractivity (Wildman–Crippen MR) is 71.4 cm³/mol. The summed E-state index contributed by atoms with van der Waals surface area (Å²) in [5.74, 6) is -2.98. The minimum atomic E-state index is -4.55. The molecule has 0 saturated carbocycles. The highest BCUT2D eigenvalue weighted by Gasteiger charge is 2.28. The second-order valence-corrected chi connectivity index (χ2v) is 6.13. The van der Waals surface area contributed by atoms with E-state index < -0.39 is 41.1 Å². The van der Waals surface area contributed by atoms with Crippen molar-refractivity contribution in [3.63, 3.8) is 0 Å². The highest BCUT2D eigenvalue weighted by Crippen LogP contribution is 2.20. The van der Waals surface area contributed by atoms with Crippen LogP contribution < -0.4 is 5.32 Å². The Balaban J connectivity index is 2.74. The number of carboxylic acids is 1. The van der Waals surface area contributed by atoms with Gasteiger partial charge in [-0.2, -0.15) is 13.2 Å². The third-order valence-corrected chi connectivity index (χ3v) is 4.17. The molecule has 0 aromatic heterocycles. The van der Waals surface area contributed by atoms with E-state index >= 15 is 0 Å². The first-order valence-electron chi connectivity index (χ1n) is 5.35. The van der Waals surface area contributed by atoms with E-state index in [0.717, 1.165) is 6.07 Å². The summed E-state index contributed by atoms with van der Waals surface area (Å²) in [6.45, 7) is -1.51. The Morgan fingerprint density at radius 1 is 1.33 bits per heavy atom. The smallest absolute Gasteiger partial charge is 0.405 e. The second kappa shape index (κ2) is 7.03. The Morgan fingerprint density at radius 2 is 1.95 bits per heavy atom.